The molecule has 0 bridgehead atoms. The van der Waals surface area contributed by atoms with Gasteiger partial charge in [-0.3, -0.25) is 4.98 Å². The summed E-state index contributed by atoms with van der Waals surface area (Å²) in [5.74, 6) is 0.364. The van der Waals surface area contributed by atoms with Crippen LogP contribution in [0, 0.1) is 24.1 Å². The summed E-state index contributed by atoms with van der Waals surface area (Å²) in [4.78, 5) is 4.29. The van der Waals surface area contributed by atoms with Crippen molar-refractivity contribution < 1.29 is 9.13 Å². The number of fused-ring (bicyclic) bond motifs is 1. The number of ether oxygens (including phenoxy) is 1. The smallest absolute Gasteiger partial charge is 0.124 e. The molecule has 0 aliphatic rings. The normalized spacial score (nSPS) is 10.4. The maximum absolute atomic E-state index is 13.7. The molecule has 0 saturated carbocycles. The molecule has 0 radical (unpaired) electrons. The summed E-state index contributed by atoms with van der Waals surface area (Å²) >= 11 is 0. The van der Waals surface area contributed by atoms with Crippen LogP contribution in [0.25, 0.3) is 10.9 Å². The van der Waals surface area contributed by atoms with E-state index in [0.717, 1.165) is 16.5 Å². The van der Waals surface area contributed by atoms with E-state index in [-0.39, 0.29) is 12.4 Å². The number of nitrogens with zero attached hydrogens (tertiary/aromatic N) is 2. The molecule has 0 aliphatic carbocycles. The number of rotatable bonds is 3. The topological polar surface area (TPSA) is 45.9 Å². The van der Waals surface area contributed by atoms with Crippen LogP contribution in [-0.2, 0) is 6.61 Å². The quantitative estimate of drug-likeness (QED) is 0.729. The van der Waals surface area contributed by atoms with Crippen LogP contribution in [0.5, 0.6) is 5.75 Å². The van der Waals surface area contributed by atoms with E-state index in [0.29, 0.717) is 16.9 Å². The monoisotopic (exact) mass is 292 g/mol. The van der Waals surface area contributed by atoms with Crippen LogP contribution < -0.4 is 4.74 Å². The highest BCUT2D eigenvalue weighted by atomic mass is 19.1. The minimum Gasteiger partial charge on any atom is -0.489 e. The first kappa shape index (κ1) is 14.0. The van der Waals surface area contributed by atoms with E-state index in [9.17, 15) is 4.39 Å². The molecule has 0 saturated heterocycles. The lowest BCUT2D eigenvalue weighted by atomic mass is 10.1. The zero-order valence-electron chi connectivity index (χ0n) is 12.0. The first-order valence-electron chi connectivity index (χ1n) is 6.84. The van der Waals surface area contributed by atoms with Crippen molar-refractivity contribution >= 4 is 10.9 Å². The van der Waals surface area contributed by atoms with Gasteiger partial charge in [-0.2, -0.15) is 5.26 Å². The largest absolute Gasteiger partial charge is 0.489 e. The second kappa shape index (κ2) is 5.82. The average molecular weight is 292 g/mol. The molecule has 0 unspecified atom stereocenters. The summed E-state index contributed by atoms with van der Waals surface area (Å²) in [6.07, 6.45) is 1.68. The lowest BCUT2D eigenvalue weighted by molar-refractivity contribution is 0.304. The lowest BCUT2D eigenvalue weighted by Crippen LogP contribution is -2.00. The summed E-state index contributed by atoms with van der Waals surface area (Å²) < 4.78 is 19.5. The molecule has 0 N–H and O–H groups in total. The van der Waals surface area contributed by atoms with Crippen molar-refractivity contribution in [1.82, 2.24) is 4.98 Å². The van der Waals surface area contributed by atoms with E-state index in [1.165, 1.54) is 12.1 Å². The third-order valence-corrected chi connectivity index (χ3v) is 3.44. The fraction of sp³-hybridized carbons (Fsp3) is 0.111. The molecule has 0 aliphatic heterocycles. The van der Waals surface area contributed by atoms with Gasteiger partial charge in [0, 0.05) is 17.1 Å². The highest BCUT2D eigenvalue weighted by Gasteiger charge is 2.07. The van der Waals surface area contributed by atoms with Gasteiger partial charge in [-0.1, -0.05) is 6.07 Å². The van der Waals surface area contributed by atoms with Crippen LogP contribution in [0.1, 0.15) is 16.7 Å². The van der Waals surface area contributed by atoms with Crippen LogP contribution in [0.2, 0.25) is 0 Å². The Morgan fingerprint density at radius 2 is 2.09 bits per heavy atom. The minimum absolute atomic E-state index is 0.220. The van der Waals surface area contributed by atoms with Crippen molar-refractivity contribution in [3.8, 4) is 11.8 Å². The average Bonchev–Trinajstić information content (AvgIpc) is 2.53. The molecule has 0 spiro atoms. The maximum atomic E-state index is 13.7. The molecule has 108 valence electrons. The van der Waals surface area contributed by atoms with Crippen LogP contribution in [0.4, 0.5) is 4.39 Å². The minimum atomic E-state index is -0.310. The lowest BCUT2D eigenvalue weighted by Gasteiger charge is -2.11. The SMILES string of the molecule is Cc1cc(C#N)ccc1OCc1cc(F)cc2cccnc12. The van der Waals surface area contributed by atoms with Crippen LogP contribution in [0.15, 0.2) is 48.7 Å². The Kier molecular flexibility index (Phi) is 3.71. The number of benzene rings is 2. The Morgan fingerprint density at radius 3 is 2.86 bits per heavy atom. The predicted molar refractivity (Wildman–Crippen MR) is 81.9 cm³/mol. The fourth-order valence-corrected chi connectivity index (χ4v) is 2.37. The molecule has 0 atom stereocenters. The molecule has 1 heterocycles. The first-order chi connectivity index (χ1) is 10.7. The zero-order chi connectivity index (χ0) is 15.5. The van der Waals surface area contributed by atoms with Crippen molar-refractivity contribution in [3.05, 3.63) is 71.2 Å². The van der Waals surface area contributed by atoms with E-state index in [2.05, 4.69) is 11.1 Å². The number of pyridine rings is 1. The van der Waals surface area contributed by atoms with Crippen molar-refractivity contribution in [2.75, 3.05) is 0 Å². The van der Waals surface area contributed by atoms with Gasteiger partial charge in [0.1, 0.15) is 18.2 Å². The number of halogens is 1. The molecule has 4 heteroatoms. The van der Waals surface area contributed by atoms with E-state index < -0.39 is 0 Å². The van der Waals surface area contributed by atoms with Gasteiger partial charge in [0.05, 0.1) is 17.1 Å². The third kappa shape index (κ3) is 2.75. The second-order valence-electron chi connectivity index (χ2n) is 5.02. The molecular weight excluding hydrogens is 279 g/mol. The number of nitriles is 1. The number of aryl methyl sites for hydroxylation is 1. The summed E-state index contributed by atoms with van der Waals surface area (Å²) in [6, 6.07) is 13.8. The van der Waals surface area contributed by atoms with E-state index >= 15 is 0 Å². The summed E-state index contributed by atoms with van der Waals surface area (Å²) in [6.45, 7) is 2.09. The molecular formula is C18H13FN2O. The van der Waals surface area contributed by atoms with Gasteiger partial charge in [0.2, 0.25) is 0 Å². The Labute approximate surface area is 127 Å². The molecule has 3 aromatic rings. The van der Waals surface area contributed by atoms with Crippen molar-refractivity contribution in [3.63, 3.8) is 0 Å². The van der Waals surface area contributed by atoms with Gasteiger partial charge in [0.15, 0.2) is 0 Å². The predicted octanol–water partition coefficient (Wildman–Crippen LogP) is 4.13. The fourth-order valence-electron chi connectivity index (χ4n) is 2.37. The molecule has 2 aromatic carbocycles. The molecule has 0 fully saturated rings. The summed E-state index contributed by atoms with van der Waals surface area (Å²) in [5, 5.41) is 9.62. The van der Waals surface area contributed by atoms with Gasteiger partial charge in [-0.05, 0) is 48.9 Å². The standard InChI is InChI=1S/C18H13FN2O/c1-12-7-13(10-20)4-5-17(12)22-11-15-9-16(19)8-14-3-2-6-21-18(14)15/h2-9H,11H2,1H3. The maximum Gasteiger partial charge on any atom is 0.124 e. The van der Waals surface area contributed by atoms with E-state index in [1.54, 1.807) is 30.5 Å². The first-order valence-corrected chi connectivity index (χ1v) is 6.84. The Balaban J connectivity index is 1.90. The Hall–Kier alpha value is -2.93. The van der Waals surface area contributed by atoms with Crippen LogP contribution >= 0.6 is 0 Å². The second-order valence-corrected chi connectivity index (χ2v) is 5.02. The van der Waals surface area contributed by atoms with Gasteiger partial charge in [-0.15, -0.1) is 0 Å². The van der Waals surface area contributed by atoms with Crippen molar-refractivity contribution in [2.45, 2.75) is 13.5 Å². The Bertz CT molecular complexity index is 884. The highest BCUT2D eigenvalue weighted by Crippen LogP contribution is 2.23. The van der Waals surface area contributed by atoms with Crippen molar-refractivity contribution in [2.24, 2.45) is 0 Å². The van der Waals surface area contributed by atoms with E-state index in [1.807, 2.05) is 13.0 Å². The highest BCUT2D eigenvalue weighted by molar-refractivity contribution is 5.81. The molecule has 3 rings (SSSR count). The Morgan fingerprint density at radius 1 is 1.23 bits per heavy atom. The number of hydrogen-bond acceptors (Lipinski definition) is 3. The number of hydrogen-bond donors (Lipinski definition) is 0. The van der Waals surface area contributed by atoms with Crippen LogP contribution in [0.3, 0.4) is 0 Å². The van der Waals surface area contributed by atoms with Crippen molar-refractivity contribution in [1.29, 1.82) is 5.26 Å². The molecule has 3 nitrogen and oxygen atoms in total. The zero-order valence-corrected chi connectivity index (χ0v) is 12.0. The summed E-state index contributed by atoms with van der Waals surface area (Å²) in [7, 11) is 0. The van der Waals surface area contributed by atoms with E-state index in [4.69, 9.17) is 10.00 Å². The van der Waals surface area contributed by atoms with Gasteiger partial charge < -0.3 is 4.74 Å². The third-order valence-electron chi connectivity index (χ3n) is 3.44. The molecule has 22 heavy (non-hydrogen) atoms. The number of aromatic nitrogens is 1. The molecule has 1 aromatic heterocycles. The van der Waals surface area contributed by atoms with Gasteiger partial charge in [0.25, 0.3) is 0 Å². The van der Waals surface area contributed by atoms with Crippen LogP contribution in [-0.4, -0.2) is 4.98 Å². The van der Waals surface area contributed by atoms with Gasteiger partial charge >= 0.3 is 0 Å². The van der Waals surface area contributed by atoms with Gasteiger partial charge in [-0.25, -0.2) is 4.39 Å². The molecule has 0 amide bonds. The summed E-state index contributed by atoms with van der Waals surface area (Å²) in [5.41, 5.74) is 2.88.